The van der Waals surface area contributed by atoms with Crippen molar-refractivity contribution in [3.05, 3.63) is 71.8 Å². The summed E-state index contributed by atoms with van der Waals surface area (Å²) in [6.45, 7) is 3.40. The third kappa shape index (κ3) is 2.40. The molecular formula is C24H27N2O2+. The van der Waals surface area contributed by atoms with Gasteiger partial charge in [0.1, 0.15) is 19.2 Å². The van der Waals surface area contributed by atoms with Crippen LogP contribution in [0.25, 0.3) is 0 Å². The zero-order valence-electron chi connectivity index (χ0n) is 16.1. The number of nitrogens with zero attached hydrogens (tertiary/aromatic N) is 1. The Morgan fingerprint density at radius 2 is 1.64 bits per heavy atom. The van der Waals surface area contributed by atoms with E-state index in [0.717, 1.165) is 51.1 Å². The van der Waals surface area contributed by atoms with E-state index < -0.39 is 5.60 Å². The maximum atomic E-state index is 10.7. The lowest BCUT2D eigenvalue weighted by molar-refractivity contribution is -0.967. The first-order valence-corrected chi connectivity index (χ1v) is 10.4. The number of nitriles is 1. The van der Waals surface area contributed by atoms with Crippen LogP contribution in [0.3, 0.4) is 0 Å². The maximum absolute atomic E-state index is 10.7. The second-order valence-corrected chi connectivity index (χ2v) is 8.29. The molecule has 4 atom stereocenters. The summed E-state index contributed by atoms with van der Waals surface area (Å²) in [5, 5.41) is 10.7. The number of hydrogen-bond acceptors (Lipinski definition) is 3. The summed E-state index contributed by atoms with van der Waals surface area (Å²) >= 11 is 0. The number of benzene rings is 2. The van der Waals surface area contributed by atoms with E-state index in [0.29, 0.717) is 5.92 Å². The highest BCUT2D eigenvalue weighted by molar-refractivity contribution is 5.39. The Balaban J connectivity index is 1.70. The average Bonchev–Trinajstić information content (AvgIpc) is 3.33. The van der Waals surface area contributed by atoms with Crippen LogP contribution in [0.15, 0.2) is 60.7 Å². The number of hydrogen-bond donors (Lipinski definition) is 1. The molecule has 0 radical (unpaired) electrons. The molecular weight excluding hydrogens is 348 g/mol. The Morgan fingerprint density at radius 1 is 0.964 bits per heavy atom. The highest BCUT2D eigenvalue weighted by atomic mass is 16.5. The van der Waals surface area contributed by atoms with Crippen LogP contribution in [0, 0.1) is 17.2 Å². The van der Waals surface area contributed by atoms with Gasteiger partial charge in [0.25, 0.3) is 0 Å². The predicted molar refractivity (Wildman–Crippen MR) is 106 cm³/mol. The van der Waals surface area contributed by atoms with Crippen LogP contribution in [0.1, 0.15) is 36.5 Å². The number of ether oxygens (including phenoxy) is 2. The minimum Gasteiger partial charge on any atom is -0.370 e. The van der Waals surface area contributed by atoms with Gasteiger partial charge in [0.2, 0.25) is 5.60 Å². The van der Waals surface area contributed by atoms with E-state index in [1.54, 1.807) is 0 Å². The van der Waals surface area contributed by atoms with Gasteiger partial charge in [0.15, 0.2) is 5.54 Å². The molecule has 0 bridgehead atoms. The van der Waals surface area contributed by atoms with Gasteiger partial charge in [-0.2, -0.15) is 5.26 Å². The summed E-state index contributed by atoms with van der Waals surface area (Å²) in [5.74, 6) is 0.336. The van der Waals surface area contributed by atoms with E-state index in [9.17, 15) is 5.26 Å². The summed E-state index contributed by atoms with van der Waals surface area (Å²) < 4.78 is 12.6. The smallest absolute Gasteiger partial charge is 0.235 e. The van der Waals surface area contributed by atoms with Crippen molar-refractivity contribution in [3.63, 3.8) is 0 Å². The molecule has 4 heteroatoms. The van der Waals surface area contributed by atoms with Gasteiger partial charge in [0, 0.05) is 17.9 Å². The monoisotopic (exact) mass is 375 g/mol. The molecule has 2 aromatic rings. The number of fused-ring (bicyclic) bond motifs is 1. The Kier molecular flexibility index (Phi) is 4.47. The fourth-order valence-corrected chi connectivity index (χ4v) is 6.14. The third-order valence-corrected chi connectivity index (χ3v) is 7.21. The summed E-state index contributed by atoms with van der Waals surface area (Å²) in [6, 6.07) is 23.4. The molecule has 2 aromatic carbocycles. The van der Waals surface area contributed by atoms with Crippen molar-refractivity contribution in [2.24, 2.45) is 5.92 Å². The largest absolute Gasteiger partial charge is 0.370 e. The lowest BCUT2D eigenvalue weighted by atomic mass is 9.69. The molecule has 28 heavy (non-hydrogen) atoms. The molecule has 0 spiro atoms. The van der Waals surface area contributed by atoms with Crippen molar-refractivity contribution in [3.8, 4) is 6.07 Å². The molecule has 5 rings (SSSR count). The molecule has 1 aliphatic carbocycles. The first-order valence-electron chi connectivity index (χ1n) is 10.4. The van der Waals surface area contributed by atoms with Crippen molar-refractivity contribution in [2.45, 2.75) is 36.5 Å². The Labute approximate surface area is 166 Å². The predicted octanol–water partition coefficient (Wildman–Crippen LogP) is 2.63. The number of nitrogens with one attached hydrogen (secondary N) is 1. The van der Waals surface area contributed by atoms with Gasteiger partial charge >= 0.3 is 0 Å². The van der Waals surface area contributed by atoms with Crippen LogP contribution < -0.4 is 4.90 Å². The van der Waals surface area contributed by atoms with Crippen molar-refractivity contribution < 1.29 is 14.4 Å². The van der Waals surface area contributed by atoms with Crippen LogP contribution in [0.5, 0.6) is 0 Å². The normalized spacial score (nSPS) is 35.4. The maximum Gasteiger partial charge on any atom is 0.235 e. The second kappa shape index (κ2) is 7.00. The van der Waals surface area contributed by atoms with Crippen molar-refractivity contribution >= 4 is 0 Å². The highest BCUT2D eigenvalue weighted by Gasteiger charge is 2.74. The molecule has 3 fully saturated rings. The summed E-state index contributed by atoms with van der Waals surface area (Å²) in [5.41, 5.74) is 1.04. The average molecular weight is 375 g/mol. The molecule has 2 saturated heterocycles. The van der Waals surface area contributed by atoms with E-state index in [1.807, 2.05) is 24.3 Å². The molecule has 0 unspecified atom stereocenters. The lowest BCUT2D eigenvalue weighted by Crippen LogP contribution is -3.24. The van der Waals surface area contributed by atoms with E-state index in [4.69, 9.17) is 9.47 Å². The third-order valence-electron chi connectivity index (χ3n) is 7.21. The van der Waals surface area contributed by atoms with E-state index in [-0.39, 0.29) is 11.6 Å². The van der Waals surface area contributed by atoms with Gasteiger partial charge in [-0.25, -0.2) is 0 Å². The van der Waals surface area contributed by atoms with Crippen molar-refractivity contribution in [2.75, 3.05) is 26.3 Å². The highest BCUT2D eigenvalue weighted by Crippen LogP contribution is 2.60. The van der Waals surface area contributed by atoms with Gasteiger partial charge in [-0.3, -0.25) is 0 Å². The molecule has 3 aliphatic rings. The number of rotatable bonds is 3. The molecule has 0 amide bonds. The first kappa shape index (κ1) is 17.9. The van der Waals surface area contributed by atoms with Gasteiger partial charge in [-0.05, 0) is 18.4 Å². The van der Waals surface area contributed by atoms with Crippen LogP contribution in [0.4, 0.5) is 0 Å². The van der Waals surface area contributed by atoms with E-state index in [1.165, 1.54) is 10.5 Å². The number of quaternary nitrogens is 1. The quantitative estimate of drug-likeness (QED) is 0.897. The molecule has 0 aromatic heterocycles. The molecule has 2 heterocycles. The van der Waals surface area contributed by atoms with Crippen molar-refractivity contribution in [1.29, 1.82) is 5.26 Å². The second-order valence-electron chi connectivity index (χ2n) is 8.29. The Bertz CT molecular complexity index is 859. The minimum absolute atomic E-state index is 0.0427. The zero-order chi connectivity index (χ0) is 19.0. The van der Waals surface area contributed by atoms with Crippen LogP contribution in [0.2, 0.25) is 0 Å². The fraction of sp³-hybridized carbons (Fsp3) is 0.458. The first-order chi connectivity index (χ1) is 13.8. The zero-order valence-corrected chi connectivity index (χ0v) is 16.1. The molecule has 4 nitrogen and oxygen atoms in total. The summed E-state index contributed by atoms with van der Waals surface area (Å²) in [7, 11) is 0. The van der Waals surface area contributed by atoms with Gasteiger partial charge in [-0.15, -0.1) is 0 Å². The van der Waals surface area contributed by atoms with Crippen LogP contribution >= 0.6 is 0 Å². The summed E-state index contributed by atoms with van der Waals surface area (Å²) in [6.07, 6.45) is 3.25. The molecule has 1 saturated carbocycles. The van der Waals surface area contributed by atoms with Gasteiger partial charge < -0.3 is 14.4 Å². The Morgan fingerprint density at radius 3 is 2.32 bits per heavy atom. The van der Waals surface area contributed by atoms with E-state index >= 15 is 0 Å². The number of morpholine rings is 1. The fourth-order valence-electron chi connectivity index (χ4n) is 6.14. The van der Waals surface area contributed by atoms with Gasteiger partial charge in [0.05, 0.1) is 19.3 Å². The topological polar surface area (TPSA) is 46.7 Å². The standard InChI is InChI=1S/C24H26N2O2/c25-18-24(20-10-5-2-6-11-20)23(26-14-16-27-17-15-26)13-7-12-21(23)22(28-24)19-8-3-1-4-9-19/h1-6,8-11,21-22H,7,12-17H2/p+1/t21-,22+,23+,24-/m0/s1. The molecule has 2 aliphatic heterocycles. The lowest BCUT2D eigenvalue weighted by Gasteiger charge is -2.46. The minimum atomic E-state index is -0.928. The van der Waals surface area contributed by atoms with Crippen molar-refractivity contribution in [1.82, 2.24) is 0 Å². The van der Waals surface area contributed by atoms with E-state index in [2.05, 4.69) is 42.5 Å². The summed E-state index contributed by atoms with van der Waals surface area (Å²) in [4.78, 5) is 1.49. The molecule has 1 N–H and O–H groups in total. The molecule has 144 valence electrons. The van der Waals surface area contributed by atoms with Crippen LogP contribution in [-0.4, -0.2) is 31.8 Å². The van der Waals surface area contributed by atoms with Crippen LogP contribution in [-0.2, 0) is 15.1 Å². The Hall–Kier alpha value is -2.19. The van der Waals surface area contributed by atoms with Gasteiger partial charge in [-0.1, -0.05) is 60.7 Å². The SMILES string of the molecule is N#C[C@@]1(c2ccccc2)O[C@H](c2ccccc2)[C@@H]2CCC[C@@]21[NH+]1CCOCC1.